The van der Waals surface area contributed by atoms with Crippen LogP contribution in [0.4, 0.5) is 0 Å². The number of likely N-dealkylation sites (tertiary alicyclic amines) is 2. The first-order valence-electron chi connectivity index (χ1n) is 8.66. The molecule has 6 nitrogen and oxygen atoms in total. The first-order valence-corrected chi connectivity index (χ1v) is 8.66. The van der Waals surface area contributed by atoms with Crippen LogP contribution in [-0.4, -0.2) is 62.7 Å². The van der Waals surface area contributed by atoms with Crippen molar-refractivity contribution >= 4 is 5.91 Å². The quantitative estimate of drug-likeness (QED) is 0.850. The molecule has 2 unspecified atom stereocenters. The maximum Gasteiger partial charge on any atom is 0.239 e. The second-order valence-electron chi connectivity index (χ2n) is 6.50. The van der Waals surface area contributed by atoms with Crippen molar-refractivity contribution < 1.29 is 4.79 Å². The van der Waals surface area contributed by atoms with Gasteiger partial charge in [-0.15, -0.1) is 0 Å². The van der Waals surface area contributed by atoms with Crippen LogP contribution in [0.15, 0.2) is 12.7 Å². The lowest BCUT2D eigenvalue weighted by atomic mass is 9.98. The fraction of sp³-hybridized carbons (Fsp3) is 0.812. The fourth-order valence-electron chi connectivity index (χ4n) is 3.81. The normalized spacial score (nSPS) is 27.0. The predicted octanol–water partition coefficient (Wildman–Crippen LogP) is 1.71. The van der Waals surface area contributed by atoms with Crippen LogP contribution in [0.1, 0.15) is 51.5 Å². The highest BCUT2D eigenvalue weighted by Crippen LogP contribution is 2.24. The lowest BCUT2D eigenvalue weighted by molar-refractivity contribution is -0.140. The SMILES string of the molecule is CCCN1CCCCC1C(=O)N1CCCC(n2cncn2)C1. The van der Waals surface area contributed by atoms with Gasteiger partial charge in [-0.3, -0.25) is 9.69 Å². The van der Waals surface area contributed by atoms with Gasteiger partial charge in [0.1, 0.15) is 12.7 Å². The molecule has 0 bridgehead atoms. The average molecular weight is 305 g/mol. The highest BCUT2D eigenvalue weighted by Gasteiger charge is 2.34. The summed E-state index contributed by atoms with van der Waals surface area (Å²) in [6, 6.07) is 0.381. The van der Waals surface area contributed by atoms with Crippen LogP contribution in [-0.2, 0) is 4.79 Å². The molecule has 2 aliphatic heterocycles. The summed E-state index contributed by atoms with van der Waals surface area (Å²) in [4.78, 5) is 21.5. The van der Waals surface area contributed by atoms with Crippen molar-refractivity contribution in [1.29, 1.82) is 0 Å². The standard InChI is InChI=1S/C16H27N5O/c1-2-8-19-9-4-3-7-15(19)16(22)20-10-5-6-14(11-20)21-13-17-12-18-21/h12-15H,2-11H2,1H3. The molecule has 2 atom stereocenters. The van der Waals surface area contributed by atoms with E-state index in [9.17, 15) is 4.79 Å². The highest BCUT2D eigenvalue weighted by atomic mass is 16.2. The van der Waals surface area contributed by atoms with Gasteiger partial charge < -0.3 is 4.90 Å². The van der Waals surface area contributed by atoms with Crippen LogP contribution < -0.4 is 0 Å². The number of nitrogens with zero attached hydrogens (tertiary/aromatic N) is 5. The molecular weight excluding hydrogens is 278 g/mol. The monoisotopic (exact) mass is 305 g/mol. The molecule has 22 heavy (non-hydrogen) atoms. The number of amides is 1. The second-order valence-corrected chi connectivity index (χ2v) is 6.50. The molecule has 6 heteroatoms. The maximum absolute atomic E-state index is 13.0. The van der Waals surface area contributed by atoms with Crippen LogP contribution in [0.2, 0.25) is 0 Å². The molecule has 2 aliphatic rings. The van der Waals surface area contributed by atoms with Crippen LogP contribution in [0.25, 0.3) is 0 Å². The third-order valence-corrected chi connectivity index (χ3v) is 4.93. The minimum atomic E-state index is 0.100. The van der Waals surface area contributed by atoms with Gasteiger partial charge in [0.05, 0.1) is 12.1 Å². The van der Waals surface area contributed by atoms with E-state index in [-0.39, 0.29) is 12.1 Å². The number of rotatable bonds is 4. The first kappa shape index (κ1) is 15.5. The first-order chi connectivity index (χ1) is 10.8. The number of carbonyl (C=O) groups is 1. The molecular formula is C16H27N5O. The zero-order valence-corrected chi connectivity index (χ0v) is 13.5. The third-order valence-electron chi connectivity index (χ3n) is 4.93. The summed E-state index contributed by atoms with van der Waals surface area (Å²) in [6.45, 7) is 5.97. The lowest BCUT2D eigenvalue weighted by Gasteiger charge is -2.40. The summed E-state index contributed by atoms with van der Waals surface area (Å²) in [7, 11) is 0. The van der Waals surface area contributed by atoms with E-state index in [2.05, 4.69) is 26.8 Å². The largest absolute Gasteiger partial charge is 0.339 e. The molecule has 0 aliphatic carbocycles. The van der Waals surface area contributed by atoms with Crippen LogP contribution in [0.5, 0.6) is 0 Å². The minimum Gasteiger partial charge on any atom is -0.339 e. The Kier molecular flexibility index (Phi) is 5.08. The highest BCUT2D eigenvalue weighted by molar-refractivity contribution is 5.82. The number of carbonyl (C=O) groups excluding carboxylic acids is 1. The van der Waals surface area contributed by atoms with Crippen LogP contribution >= 0.6 is 0 Å². The summed E-state index contributed by atoms with van der Waals surface area (Å²) < 4.78 is 1.91. The van der Waals surface area contributed by atoms with Crippen molar-refractivity contribution in [3.05, 3.63) is 12.7 Å². The summed E-state index contributed by atoms with van der Waals surface area (Å²) in [5, 5.41) is 4.25. The summed E-state index contributed by atoms with van der Waals surface area (Å²) in [5.41, 5.74) is 0. The van der Waals surface area contributed by atoms with Gasteiger partial charge in [0.15, 0.2) is 0 Å². The molecule has 122 valence electrons. The molecule has 0 aromatic carbocycles. The fourth-order valence-corrected chi connectivity index (χ4v) is 3.81. The second kappa shape index (κ2) is 7.22. The average Bonchev–Trinajstić information content (AvgIpc) is 3.10. The van der Waals surface area contributed by atoms with E-state index in [1.165, 1.54) is 12.8 Å². The summed E-state index contributed by atoms with van der Waals surface area (Å²) >= 11 is 0. The lowest BCUT2D eigenvalue weighted by Crippen LogP contribution is -2.53. The zero-order valence-electron chi connectivity index (χ0n) is 13.5. The van der Waals surface area contributed by atoms with E-state index in [1.54, 1.807) is 12.7 Å². The summed E-state index contributed by atoms with van der Waals surface area (Å²) in [5.74, 6) is 0.331. The molecule has 0 N–H and O–H groups in total. The molecule has 2 fully saturated rings. The molecule has 0 radical (unpaired) electrons. The Labute approximate surface area is 132 Å². The Morgan fingerprint density at radius 2 is 2.14 bits per heavy atom. The molecule has 1 aromatic heterocycles. The number of hydrogen-bond donors (Lipinski definition) is 0. The minimum absolute atomic E-state index is 0.100. The molecule has 3 rings (SSSR count). The Hall–Kier alpha value is -1.43. The molecule has 3 heterocycles. The Morgan fingerprint density at radius 1 is 1.23 bits per heavy atom. The van der Waals surface area contributed by atoms with Gasteiger partial charge >= 0.3 is 0 Å². The predicted molar refractivity (Wildman–Crippen MR) is 84.4 cm³/mol. The Morgan fingerprint density at radius 3 is 2.91 bits per heavy atom. The molecule has 2 saturated heterocycles. The molecule has 1 amide bonds. The van der Waals surface area contributed by atoms with Crippen molar-refractivity contribution in [3.63, 3.8) is 0 Å². The van der Waals surface area contributed by atoms with E-state index in [0.717, 1.165) is 51.9 Å². The smallest absolute Gasteiger partial charge is 0.239 e. The van der Waals surface area contributed by atoms with Crippen LogP contribution in [0.3, 0.4) is 0 Å². The third kappa shape index (κ3) is 3.32. The van der Waals surface area contributed by atoms with E-state index in [0.29, 0.717) is 5.91 Å². The number of piperidine rings is 2. The maximum atomic E-state index is 13.0. The zero-order chi connectivity index (χ0) is 15.4. The van der Waals surface area contributed by atoms with Crippen molar-refractivity contribution in [3.8, 4) is 0 Å². The van der Waals surface area contributed by atoms with Crippen molar-refractivity contribution in [2.75, 3.05) is 26.2 Å². The van der Waals surface area contributed by atoms with Gasteiger partial charge in [0.2, 0.25) is 5.91 Å². The van der Waals surface area contributed by atoms with Crippen molar-refractivity contribution in [1.82, 2.24) is 24.6 Å². The van der Waals surface area contributed by atoms with Gasteiger partial charge in [-0.05, 0) is 45.2 Å². The number of aromatic nitrogens is 3. The summed E-state index contributed by atoms with van der Waals surface area (Å²) in [6.07, 6.45) is 10.0. The Bertz CT molecular complexity index is 473. The van der Waals surface area contributed by atoms with Gasteiger partial charge in [-0.25, -0.2) is 9.67 Å². The Balaban J connectivity index is 1.65. The topological polar surface area (TPSA) is 54.3 Å². The van der Waals surface area contributed by atoms with Gasteiger partial charge in [-0.2, -0.15) is 5.10 Å². The van der Waals surface area contributed by atoms with Crippen molar-refractivity contribution in [2.45, 2.75) is 57.5 Å². The van der Waals surface area contributed by atoms with Gasteiger partial charge in [0.25, 0.3) is 0 Å². The van der Waals surface area contributed by atoms with E-state index < -0.39 is 0 Å². The van der Waals surface area contributed by atoms with Crippen LogP contribution in [0, 0.1) is 0 Å². The number of hydrogen-bond acceptors (Lipinski definition) is 4. The van der Waals surface area contributed by atoms with E-state index in [1.807, 2.05) is 4.68 Å². The van der Waals surface area contributed by atoms with Gasteiger partial charge in [0, 0.05) is 13.1 Å². The van der Waals surface area contributed by atoms with Gasteiger partial charge in [-0.1, -0.05) is 13.3 Å². The van der Waals surface area contributed by atoms with E-state index >= 15 is 0 Å². The van der Waals surface area contributed by atoms with Crippen molar-refractivity contribution in [2.24, 2.45) is 0 Å². The molecule has 0 saturated carbocycles. The molecule has 1 aromatic rings. The molecule has 0 spiro atoms. The van der Waals surface area contributed by atoms with E-state index in [4.69, 9.17) is 0 Å².